The van der Waals surface area contributed by atoms with E-state index in [1.54, 1.807) is 24.5 Å². The minimum atomic E-state index is -0.644. The van der Waals surface area contributed by atoms with Crippen molar-refractivity contribution >= 4 is 11.6 Å². The summed E-state index contributed by atoms with van der Waals surface area (Å²) >= 11 is 5.95. The maximum Gasteiger partial charge on any atom is 0.241 e. The highest BCUT2D eigenvalue weighted by atomic mass is 35.5. The Labute approximate surface area is 144 Å². The summed E-state index contributed by atoms with van der Waals surface area (Å²) in [6.07, 6.45) is 2.73. The zero-order chi connectivity index (χ0) is 16.9. The van der Waals surface area contributed by atoms with E-state index >= 15 is 0 Å². The van der Waals surface area contributed by atoms with Crippen LogP contribution in [0, 0.1) is 0 Å². The van der Waals surface area contributed by atoms with Crippen LogP contribution in [0.4, 0.5) is 0 Å². The van der Waals surface area contributed by atoms with Gasteiger partial charge in [-0.15, -0.1) is 0 Å². The molecule has 3 rings (SSSR count). The van der Waals surface area contributed by atoms with Crippen molar-refractivity contribution in [3.63, 3.8) is 0 Å². The Morgan fingerprint density at radius 1 is 1.29 bits per heavy atom. The molecule has 6 nitrogen and oxygen atoms in total. The van der Waals surface area contributed by atoms with Crippen molar-refractivity contribution in [2.75, 3.05) is 13.6 Å². The molecular formula is C17H17ClN4O2. The normalized spacial score (nSPS) is 12.5. The predicted molar refractivity (Wildman–Crippen MR) is 90.3 cm³/mol. The van der Waals surface area contributed by atoms with Crippen LogP contribution in [0.3, 0.4) is 0 Å². The smallest absolute Gasteiger partial charge is 0.241 e. The van der Waals surface area contributed by atoms with Crippen LogP contribution in [-0.4, -0.2) is 38.7 Å². The molecule has 0 aliphatic heterocycles. The van der Waals surface area contributed by atoms with E-state index in [-0.39, 0.29) is 0 Å². The SMILES string of the molecule is CN(Cc1nc(-c2cccnc2)no1)CC(O)c1cccc(Cl)c1. The summed E-state index contributed by atoms with van der Waals surface area (Å²) in [7, 11) is 1.88. The van der Waals surface area contributed by atoms with Gasteiger partial charge < -0.3 is 9.63 Å². The molecule has 1 aromatic carbocycles. The van der Waals surface area contributed by atoms with E-state index in [1.807, 2.05) is 36.2 Å². The van der Waals surface area contributed by atoms with E-state index in [9.17, 15) is 5.11 Å². The summed E-state index contributed by atoms with van der Waals surface area (Å²) in [6, 6.07) is 10.9. The average molecular weight is 345 g/mol. The van der Waals surface area contributed by atoms with Crippen LogP contribution in [-0.2, 0) is 6.54 Å². The first kappa shape index (κ1) is 16.6. The van der Waals surface area contributed by atoms with Crippen LogP contribution in [0.5, 0.6) is 0 Å². The number of aliphatic hydroxyl groups excluding tert-OH is 1. The molecule has 0 radical (unpaired) electrons. The van der Waals surface area contributed by atoms with Crippen LogP contribution < -0.4 is 0 Å². The van der Waals surface area contributed by atoms with Crippen molar-refractivity contribution < 1.29 is 9.63 Å². The second-order valence-electron chi connectivity index (χ2n) is 5.52. The van der Waals surface area contributed by atoms with Crippen LogP contribution in [0.15, 0.2) is 53.3 Å². The first-order valence-corrected chi connectivity index (χ1v) is 7.84. The van der Waals surface area contributed by atoms with Crippen LogP contribution in [0.2, 0.25) is 5.02 Å². The molecule has 0 fully saturated rings. The fourth-order valence-electron chi connectivity index (χ4n) is 2.34. The molecule has 0 bridgehead atoms. The number of hydrogen-bond donors (Lipinski definition) is 1. The standard InChI is InChI=1S/C17H17ClN4O2/c1-22(10-15(23)12-4-2-6-14(18)8-12)11-16-20-17(21-24-16)13-5-3-7-19-9-13/h2-9,15,23H,10-11H2,1H3. The molecule has 2 heterocycles. The van der Waals surface area contributed by atoms with Crippen LogP contribution in [0.25, 0.3) is 11.4 Å². The molecule has 124 valence electrons. The Morgan fingerprint density at radius 3 is 2.92 bits per heavy atom. The molecule has 3 aromatic rings. The van der Waals surface area contributed by atoms with Crippen LogP contribution >= 0.6 is 11.6 Å². The van der Waals surface area contributed by atoms with Crippen molar-refractivity contribution in [2.45, 2.75) is 12.6 Å². The largest absolute Gasteiger partial charge is 0.387 e. The molecule has 0 saturated heterocycles. The first-order valence-electron chi connectivity index (χ1n) is 7.47. The summed E-state index contributed by atoms with van der Waals surface area (Å²) < 4.78 is 5.26. The number of rotatable bonds is 6. The summed E-state index contributed by atoms with van der Waals surface area (Å²) in [4.78, 5) is 10.3. The Morgan fingerprint density at radius 2 is 2.17 bits per heavy atom. The van der Waals surface area contributed by atoms with Crippen molar-refractivity contribution in [3.05, 3.63) is 65.3 Å². The molecule has 24 heavy (non-hydrogen) atoms. The number of benzene rings is 1. The quantitative estimate of drug-likeness (QED) is 0.741. The highest BCUT2D eigenvalue weighted by Crippen LogP contribution is 2.19. The van der Waals surface area contributed by atoms with Gasteiger partial charge in [0.25, 0.3) is 0 Å². The zero-order valence-corrected chi connectivity index (χ0v) is 13.9. The van der Waals surface area contributed by atoms with Gasteiger partial charge in [0.2, 0.25) is 11.7 Å². The van der Waals surface area contributed by atoms with E-state index in [0.29, 0.717) is 29.8 Å². The molecule has 1 N–H and O–H groups in total. The number of aromatic nitrogens is 3. The van der Waals surface area contributed by atoms with E-state index in [0.717, 1.165) is 11.1 Å². The van der Waals surface area contributed by atoms with Gasteiger partial charge in [0.15, 0.2) is 0 Å². The van der Waals surface area contributed by atoms with Gasteiger partial charge in [0.05, 0.1) is 12.6 Å². The van der Waals surface area contributed by atoms with Gasteiger partial charge in [-0.3, -0.25) is 9.88 Å². The second-order valence-corrected chi connectivity index (χ2v) is 5.96. The third kappa shape index (κ3) is 4.17. The van der Waals surface area contributed by atoms with Gasteiger partial charge >= 0.3 is 0 Å². The Bertz CT molecular complexity index is 794. The first-order chi connectivity index (χ1) is 11.6. The molecule has 0 amide bonds. The third-order valence-corrected chi connectivity index (χ3v) is 3.75. The molecule has 1 unspecified atom stereocenters. The van der Waals surface area contributed by atoms with Crippen LogP contribution in [0.1, 0.15) is 17.6 Å². The topological polar surface area (TPSA) is 75.3 Å². The predicted octanol–water partition coefficient (Wildman–Crippen LogP) is 2.95. The van der Waals surface area contributed by atoms with Crippen molar-refractivity contribution in [3.8, 4) is 11.4 Å². The van der Waals surface area contributed by atoms with Gasteiger partial charge in [-0.05, 0) is 36.9 Å². The number of halogens is 1. The summed E-state index contributed by atoms with van der Waals surface area (Å²) in [6.45, 7) is 0.857. The molecule has 2 aromatic heterocycles. The van der Waals surface area contributed by atoms with E-state index < -0.39 is 6.10 Å². The second kappa shape index (κ2) is 7.53. The highest BCUT2D eigenvalue weighted by molar-refractivity contribution is 6.30. The maximum atomic E-state index is 10.3. The Hall–Kier alpha value is -2.28. The minimum absolute atomic E-state index is 0.422. The Kier molecular flexibility index (Phi) is 5.20. The number of hydrogen-bond acceptors (Lipinski definition) is 6. The lowest BCUT2D eigenvalue weighted by Crippen LogP contribution is -2.24. The van der Waals surface area contributed by atoms with Gasteiger partial charge in [0.1, 0.15) is 0 Å². The molecule has 0 spiro atoms. The van der Waals surface area contributed by atoms with E-state index in [4.69, 9.17) is 16.1 Å². The summed E-state index contributed by atoms with van der Waals surface area (Å²) in [5.74, 6) is 0.983. The van der Waals surface area contributed by atoms with Gasteiger partial charge in [0, 0.05) is 29.5 Å². The molecule has 7 heteroatoms. The minimum Gasteiger partial charge on any atom is -0.387 e. The maximum absolute atomic E-state index is 10.3. The van der Waals surface area contributed by atoms with E-state index in [2.05, 4.69) is 15.1 Å². The molecule has 0 aliphatic carbocycles. The molecule has 0 aliphatic rings. The number of aliphatic hydroxyl groups is 1. The van der Waals surface area contributed by atoms with Gasteiger partial charge in [-0.25, -0.2) is 0 Å². The summed E-state index contributed by atoms with van der Waals surface area (Å²) in [5.41, 5.74) is 1.57. The van der Waals surface area contributed by atoms with Gasteiger partial charge in [-0.1, -0.05) is 28.9 Å². The highest BCUT2D eigenvalue weighted by Gasteiger charge is 2.15. The molecule has 1 atom stereocenters. The van der Waals surface area contributed by atoms with Crippen molar-refractivity contribution in [2.24, 2.45) is 0 Å². The van der Waals surface area contributed by atoms with E-state index in [1.165, 1.54) is 0 Å². The molecular weight excluding hydrogens is 328 g/mol. The number of likely N-dealkylation sites (N-methyl/N-ethyl adjacent to an activating group) is 1. The van der Waals surface area contributed by atoms with Crippen molar-refractivity contribution in [1.82, 2.24) is 20.0 Å². The van der Waals surface area contributed by atoms with Crippen molar-refractivity contribution in [1.29, 1.82) is 0 Å². The zero-order valence-electron chi connectivity index (χ0n) is 13.1. The fourth-order valence-corrected chi connectivity index (χ4v) is 2.54. The average Bonchev–Trinajstić information content (AvgIpc) is 3.04. The number of pyridine rings is 1. The number of nitrogens with zero attached hydrogens (tertiary/aromatic N) is 4. The lowest BCUT2D eigenvalue weighted by atomic mass is 10.1. The summed E-state index contributed by atoms with van der Waals surface area (Å²) in [5, 5.41) is 14.9. The lowest BCUT2D eigenvalue weighted by molar-refractivity contribution is 0.118. The third-order valence-electron chi connectivity index (χ3n) is 3.51. The fraction of sp³-hybridized carbons (Fsp3) is 0.235. The molecule has 0 saturated carbocycles. The van der Waals surface area contributed by atoms with Gasteiger partial charge in [-0.2, -0.15) is 4.98 Å². The Balaban J connectivity index is 1.61. The lowest BCUT2D eigenvalue weighted by Gasteiger charge is -2.19. The monoisotopic (exact) mass is 344 g/mol.